The van der Waals surface area contributed by atoms with Crippen LogP contribution in [0.1, 0.15) is 10.4 Å². The van der Waals surface area contributed by atoms with E-state index >= 15 is 0 Å². The standard InChI is InChI=1S/C16H12N2O4S/c19-12-5-6-14(13(20)9-12)23-16-17-7-8-18(16)11-3-1-10(2-4-11)15(21)22/h1-9,19-20H,(H,21,22). The maximum absolute atomic E-state index is 10.9. The molecule has 0 radical (unpaired) electrons. The molecule has 0 fully saturated rings. The molecule has 1 aromatic heterocycles. The molecule has 3 aromatic rings. The number of aromatic hydroxyl groups is 2. The Labute approximate surface area is 135 Å². The van der Waals surface area contributed by atoms with Crippen LogP contribution in [0.3, 0.4) is 0 Å². The minimum Gasteiger partial charge on any atom is -0.508 e. The molecule has 0 amide bonds. The fourth-order valence-corrected chi connectivity index (χ4v) is 2.89. The Morgan fingerprint density at radius 2 is 1.83 bits per heavy atom. The molecule has 0 saturated carbocycles. The van der Waals surface area contributed by atoms with Gasteiger partial charge in [0.15, 0.2) is 5.16 Å². The van der Waals surface area contributed by atoms with Crippen LogP contribution in [0.4, 0.5) is 0 Å². The molecular weight excluding hydrogens is 316 g/mol. The molecule has 0 atom stereocenters. The summed E-state index contributed by atoms with van der Waals surface area (Å²) in [7, 11) is 0. The average molecular weight is 328 g/mol. The summed E-state index contributed by atoms with van der Waals surface area (Å²) in [6.45, 7) is 0. The highest BCUT2D eigenvalue weighted by atomic mass is 32.2. The highest BCUT2D eigenvalue weighted by molar-refractivity contribution is 7.99. The molecular formula is C16H12N2O4S. The third-order valence-corrected chi connectivity index (χ3v) is 4.19. The van der Waals surface area contributed by atoms with Gasteiger partial charge in [0.1, 0.15) is 11.5 Å². The Morgan fingerprint density at radius 1 is 1.09 bits per heavy atom. The first-order valence-corrected chi connectivity index (χ1v) is 7.43. The predicted molar refractivity (Wildman–Crippen MR) is 84.4 cm³/mol. The molecule has 0 unspecified atom stereocenters. The van der Waals surface area contributed by atoms with Crippen LogP contribution in [0, 0.1) is 0 Å². The van der Waals surface area contributed by atoms with Crippen molar-refractivity contribution in [2.45, 2.75) is 10.1 Å². The molecule has 0 spiro atoms. The fourth-order valence-electron chi connectivity index (χ4n) is 2.02. The molecule has 0 aliphatic heterocycles. The monoisotopic (exact) mass is 328 g/mol. The second-order valence-electron chi connectivity index (χ2n) is 4.69. The van der Waals surface area contributed by atoms with Gasteiger partial charge in [0.05, 0.1) is 10.5 Å². The molecule has 0 aliphatic carbocycles. The Bertz CT molecular complexity index is 859. The van der Waals surface area contributed by atoms with Gasteiger partial charge in [-0.15, -0.1) is 0 Å². The summed E-state index contributed by atoms with van der Waals surface area (Å²) in [5.74, 6) is -1.03. The number of carbonyl (C=O) groups is 1. The van der Waals surface area contributed by atoms with Crippen LogP contribution in [-0.2, 0) is 0 Å². The predicted octanol–water partition coefficient (Wildman–Crippen LogP) is 3.13. The molecule has 23 heavy (non-hydrogen) atoms. The lowest BCUT2D eigenvalue weighted by atomic mass is 10.2. The molecule has 1 heterocycles. The first-order valence-electron chi connectivity index (χ1n) is 6.61. The van der Waals surface area contributed by atoms with Gasteiger partial charge in [0.2, 0.25) is 0 Å². The lowest BCUT2D eigenvalue weighted by Gasteiger charge is -2.09. The number of hydrogen-bond acceptors (Lipinski definition) is 5. The molecule has 0 saturated heterocycles. The zero-order valence-electron chi connectivity index (χ0n) is 11.7. The Morgan fingerprint density at radius 3 is 2.48 bits per heavy atom. The van der Waals surface area contributed by atoms with E-state index in [9.17, 15) is 15.0 Å². The third-order valence-electron chi connectivity index (χ3n) is 3.14. The molecule has 6 nitrogen and oxygen atoms in total. The van der Waals surface area contributed by atoms with Crippen LogP contribution in [-0.4, -0.2) is 30.8 Å². The van der Waals surface area contributed by atoms with Crippen LogP contribution < -0.4 is 0 Å². The number of nitrogens with zero attached hydrogens (tertiary/aromatic N) is 2. The van der Waals surface area contributed by atoms with Crippen LogP contribution >= 0.6 is 11.8 Å². The maximum Gasteiger partial charge on any atom is 0.335 e. The first-order chi connectivity index (χ1) is 11.0. The van der Waals surface area contributed by atoms with Crippen LogP contribution in [0.2, 0.25) is 0 Å². The van der Waals surface area contributed by atoms with Crippen LogP contribution in [0.25, 0.3) is 5.69 Å². The normalized spacial score (nSPS) is 10.6. The number of aromatic carboxylic acids is 1. The molecule has 7 heteroatoms. The van der Waals surface area contributed by atoms with Gasteiger partial charge in [-0.3, -0.25) is 4.57 Å². The highest BCUT2D eigenvalue weighted by Gasteiger charge is 2.11. The minimum absolute atomic E-state index is 0.0144. The van der Waals surface area contributed by atoms with Gasteiger partial charge in [-0.25, -0.2) is 9.78 Å². The Kier molecular flexibility index (Phi) is 3.94. The van der Waals surface area contributed by atoms with Crippen molar-refractivity contribution in [3.63, 3.8) is 0 Å². The van der Waals surface area contributed by atoms with Gasteiger partial charge in [-0.05, 0) is 48.2 Å². The molecule has 3 N–H and O–H groups in total. The number of phenols is 2. The quantitative estimate of drug-likeness (QED) is 0.681. The summed E-state index contributed by atoms with van der Waals surface area (Å²) in [5.41, 5.74) is 0.965. The number of imidazole rings is 1. The summed E-state index contributed by atoms with van der Waals surface area (Å²) < 4.78 is 1.78. The van der Waals surface area contributed by atoms with Gasteiger partial charge < -0.3 is 15.3 Å². The number of phenolic OH excluding ortho intramolecular Hbond substituents is 2. The maximum atomic E-state index is 10.9. The molecule has 0 bridgehead atoms. The summed E-state index contributed by atoms with van der Waals surface area (Å²) >= 11 is 1.24. The average Bonchev–Trinajstić information content (AvgIpc) is 2.98. The summed E-state index contributed by atoms with van der Waals surface area (Å²) in [6.07, 6.45) is 3.36. The summed E-state index contributed by atoms with van der Waals surface area (Å²) in [4.78, 5) is 15.7. The SMILES string of the molecule is O=C(O)c1ccc(-n2ccnc2Sc2ccc(O)cc2O)cc1. The van der Waals surface area contributed by atoms with Crippen LogP contribution in [0.15, 0.2) is 64.9 Å². The van der Waals surface area contributed by atoms with E-state index in [-0.39, 0.29) is 17.1 Å². The molecule has 3 rings (SSSR count). The lowest BCUT2D eigenvalue weighted by molar-refractivity contribution is 0.0697. The largest absolute Gasteiger partial charge is 0.508 e. The third kappa shape index (κ3) is 3.14. The van der Waals surface area contributed by atoms with Crippen molar-refractivity contribution in [3.05, 3.63) is 60.4 Å². The van der Waals surface area contributed by atoms with E-state index in [4.69, 9.17) is 5.11 Å². The second kappa shape index (κ2) is 6.05. The Balaban J connectivity index is 1.91. The van der Waals surface area contributed by atoms with Crippen molar-refractivity contribution in [1.82, 2.24) is 9.55 Å². The van der Waals surface area contributed by atoms with Crippen molar-refractivity contribution >= 4 is 17.7 Å². The van der Waals surface area contributed by atoms with Crippen molar-refractivity contribution in [2.75, 3.05) is 0 Å². The van der Waals surface area contributed by atoms with Crippen molar-refractivity contribution in [3.8, 4) is 17.2 Å². The highest BCUT2D eigenvalue weighted by Crippen LogP contribution is 2.36. The number of aromatic nitrogens is 2. The van der Waals surface area contributed by atoms with Gasteiger partial charge >= 0.3 is 5.97 Å². The van der Waals surface area contributed by atoms with E-state index in [1.54, 1.807) is 35.2 Å². The Hall–Kier alpha value is -2.93. The number of benzene rings is 2. The van der Waals surface area contributed by atoms with Crippen molar-refractivity contribution < 1.29 is 20.1 Å². The van der Waals surface area contributed by atoms with Crippen molar-refractivity contribution in [2.24, 2.45) is 0 Å². The lowest BCUT2D eigenvalue weighted by Crippen LogP contribution is -1.98. The number of rotatable bonds is 4. The summed E-state index contributed by atoms with van der Waals surface area (Å²) in [5, 5.41) is 28.7. The van der Waals surface area contributed by atoms with E-state index in [0.29, 0.717) is 10.1 Å². The van der Waals surface area contributed by atoms with E-state index < -0.39 is 5.97 Å². The van der Waals surface area contributed by atoms with Gasteiger partial charge in [-0.1, -0.05) is 0 Å². The van der Waals surface area contributed by atoms with E-state index in [1.807, 2.05) is 0 Å². The smallest absolute Gasteiger partial charge is 0.335 e. The second-order valence-corrected chi connectivity index (χ2v) is 5.70. The fraction of sp³-hybridized carbons (Fsp3) is 0. The van der Waals surface area contributed by atoms with Gasteiger partial charge in [0.25, 0.3) is 0 Å². The number of carboxylic acid groups (broad SMARTS) is 1. The van der Waals surface area contributed by atoms with E-state index in [1.165, 1.54) is 36.0 Å². The van der Waals surface area contributed by atoms with Crippen LogP contribution in [0.5, 0.6) is 11.5 Å². The van der Waals surface area contributed by atoms with Gasteiger partial charge in [0, 0.05) is 24.1 Å². The van der Waals surface area contributed by atoms with E-state index in [2.05, 4.69) is 4.98 Å². The topological polar surface area (TPSA) is 95.6 Å². The van der Waals surface area contributed by atoms with Crippen molar-refractivity contribution in [1.29, 1.82) is 0 Å². The summed E-state index contributed by atoms with van der Waals surface area (Å²) in [6, 6.07) is 10.8. The van der Waals surface area contributed by atoms with Gasteiger partial charge in [-0.2, -0.15) is 0 Å². The number of hydrogen-bond donors (Lipinski definition) is 3. The first kappa shape index (κ1) is 15.0. The molecule has 2 aromatic carbocycles. The zero-order valence-corrected chi connectivity index (χ0v) is 12.6. The number of carboxylic acids is 1. The zero-order chi connectivity index (χ0) is 16.4. The molecule has 0 aliphatic rings. The minimum atomic E-state index is -0.981. The molecule has 116 valence electrons. The van der Waals surface area contributed by atoms with E-state index in [0.717, 1.165) is 5.69 Å².